The highest BCUT2D eigenvalue weighted by atomic mass is 19.2. The van der Waals surface area contributed by atoms with Crippen molar-refractivity contribution in [2.24, 2.45) is 4.99 Å². The molecule has 23 heteroatoms. The Morgan fingerprint density at radius 3 is 1.11 bits per heavy atom. The van der Waals surface area contributed by atoms with Crippen molar-refractivity contribution in [1.82, 2.24) is 15.5 Å². The lowest BCUT2D eigenvalue weighted by molar-refractivity contribution is -0.471. The van der Waals surface area contributed by atoms with E-state index in [0.29, 0.717) is 12.1 Å². The Labute approximate surface area is 360 Å². The molecule has 0 saturated heterocycles. The first-order chi connectivity index (χ1) is 30.5. The highest BCUT2D eigenvalue weighted by Crippen LogP contribution is 2.29. The Morgan fingerprint density at radius 1 is 0.477 bits per heavy atom. The van der Waals surface area contributed by atoms with Gasteiger partial charge in [-0.15, -0.1) is 21.9 Å². The van der Waals surface area contributed by atoms with E-state index in [1.165, 1.54) is 64.2 Å². The van der Waals surface area contributed by atoms with Gasteiger partial charge in [-0.05, 0) is 25.7 Å². The molecule has 2 N–H and O–H groups in total. The number of hydrogen-bond acceptors (Lipinski definition) is 1. The molecule has 2 aliphatic carbocycles. The number of nitrogens with one attached hydrogen (secondary N) is 2. The van der Waals surface area contributed by atoms with Crippen LogP contribution in [0.4, 0.5) is 74.6 Å². The molecular formula is C42H39BF17N5. The lowest BCUT2D eigenvalue weighted by Crippen LogP contribution is -2.81. The first kappa shape index (κ1) is 50.5. The van der Waals surface area contributed by atoms with Crippen molar-refractivity contribution in [1.29, 1.82) is 0 Å². The van der Waals surface area contributed by atoms with E-state index in [1.54, 1.807) is 0 Å². The third-order valence-electron chi connectivity index (χ3n) is 11.3. The molecular weight excluding hydrogens is 908 g/mol. The van der Waals surface area contributed by atoms with Crippen LogP contribution in [0.5, 0.6) is 0 Å². The molecule has 0 aliphatic heterocycles. The fraction of sp³-hybridized carbons (Fsp3) is 0.381. The van der Waals surface area contributed by atoms with E-state index in [9.17, 15) is 39.5 Å². The van der Waals surface area contributed by atoms with Gasteiger partial charge in [0.1, 0.15) is 52.7 Å². The number of hydrogen-bond donors (Lipinski definition) is 2. The minimum absolute atomic E-state index is 0.480. The first-order valence-corrected chi connectivity index (χ1v) is 20.0. The third kappa shape index (κ3) is 9.73. The van der Waals surface area contributed by atoms with Crippen molar-refractivity contribution in [2.45, 2.75) is 76.3 Å². The number of rotatable bonds is 6. The summed E-state index contributed by atoms with van der Waals surface area (Å²) in [5, 5.41) is 7.26. The molecule has 0 unspecified atom stereocenters. The summed E-state index contributed by atoms with van der Waals surface area (Å²) in [6, 6.07) is -1.18. The van der Waals surface area contributed by atoms with Crippen molar-refractivity contribution >= 4 is 39.9 Å². The van der Waals surface area contributed by atoms with Crippen LogP contribution in [-0.2, 0) is 0 Å². The van der Waals surface area contributed by atoms with Crippen LogP contribution in [0.15, 0.2) is 23.2 Å². The Kier molecular flexibility index (Phi) is 15.8. The van der Waals surface area contributed by atoms with E-state index in [0.717, 1.165) is 11.9 Å². The van der Waals surface area contributed by atoms with Crippen LogP contribution in [0, 0.1) is 98.9 Å². The minimum Gasteiger partial charge on any atom is -0.340 e. The standard InChI is InChI=1S/C24H3BF17.C18H35N5/c26-4-1-5(27)15(33)10(14(4)32)25(11-16(34)6(28)2-7(29)17(11)35,12-18(36)8(30)3-9(31)19(12)37)13-20(38)22(40)24(42)23(41)21(13)39;1-22(2)18(23(3)4)21-17(19-15-11-7-5-8-12-15)20-16-13-9-6-10-14-16/h1-3H;15-16H,5-14H2,1-4H3,(H,19,20)/q-1;/p+1. The summed E-state index contributed by atoms with van der Waals surface area (Å²) in [4.78, 5) is 7.16. The van der Waals surface area contributed by atoms with Crippen LogP contribution in [-0.4, -0.2) is 67.8 Å². The molecule has 0 heterocycles. The normalized spacial score (nSPS) is 15.1. The summed E-state index contributed by atoms with van der Waals surface area (Å²) in [7, 11) is 8.28. The van der Waals surface area contributed by atoms with E-state index in [-0.39, 0.29) is 0 Å². The van der Waals surface area contributed by atoms with Crippen molar-refractivity contribution in [3.63, 3.8) is 0 Å². The Balaban J connectivity index is 0.000000291. The summed E-state index contributed by atoms with van der Waals surface area (Å²) in [5.74, 6) is -50.3. The Morgan fingerprint density at radius 2 is 0.785 bits per heavy atom. The van der Waals surface area contributed by atoms with Gasteiger partial charge in [-0.3, -0.25) is 9.48 Å². The van der Waals surface area contributed by atoms with Gasteiger partial charge in [-0.1, -0.05) is 38.5 Å². The Hall–Kier alpha value is -5.51. The topological polar surface area (TPSA) is 42.7 Å². The van der Waals surface area contributed by atoms with Crippen LogP contribution in [0.25, 0.3) is 0 Å². The van der Waals surface area contributed by atoms with E-state index in [1.807, 2.05) is 0 Å². The van der Waals surface area contributed by atoms with Crippen molar-refractivity contribution in [2.75, 3.05) is 28.2 Å². The van der Waals surface area contributed by atoms with Gasteiger partial charge >= 0.3 is 5.96 Å². The van der Waals surface area contributed by atoms with Crippen LogP contribution in [0.2, 0.25) is 0 Å². The molecule has 2 saturated carbocycles. The number of halogens is 17. The second-order valence-corrected chi connectivity index (χ2v) is 16.0. The van der Waals surface area contributed by atoms with Crippen LogP contribution in [0.3, 0.4) is 0 Å². The molecule has 4 aromatic rings. The average Bonchev–Trinajstić information content (AvgIpc) is 3.25. The molecule has 65 heavy (non-hydrogen) atoms. The van der Waals surface area contributed by atoms with Gasteiger partial charge in [-0.25, -0.2) is 84.9 Å². The largest absolute Gasteiger partial charge is 0.354 e. The maximum Gasteiger partial charge on any atom is 0.354 e. The zero-order valence-electron chi connectivity index (χ0n) is 34.8. The summed E-state index contributed by atoms with van der Waals surface area (Å²) in [5.41, 5.74) is -12.6. The zero-order chi connectivity index (χ0) is 48.4. The van der Waals surface area contributed by atoms with Gasteiger partial charge < -0.3 is 5.32 Å². The number of benzene rings is 4. The fourth-order valence-corrected chi connectivity index (χ4v) is 8.45. The van der Waals surface area contributed by atoms with Gasteiger partial charge in [0.15, 0.2) is 52.4 Å². The SMILES string of the molecule is CN(C)C(NC(=NC1CCCCC1)NC1CCCCC1)=[N+](C)C.Fc1cc(F)c(F)c([B-](c2c(F)c(F)cc(F)c2F)(c2c(F)c(F)cc(F)c2F)c2c(F)c(F)c(F)c(F)c2F)c1F. The molecule has 2 aliphatic rings. The maximum absolute atomic E-state index is 15.3. The van der Waals surface area contributed by atoms with Gasteiger partial charge in [0.25, 0.3) is 5.96 Å². The molecule has 0 aromatic heterocycles. The van der Waals surface area contributed by atoms with Crippen LogP contribution in [0.1, 0.15) is 64.2 Å². The minimum atomic E-state index is -6.67. The summed E-state index contributed by atoms with van der Waals surface area (Å²) >= 11 is 0. The molecule has 6 rings (SSSR count). The molecule has 5 nitrogen and oxygen atoms in total. The van der Waals surface area contributed by atoms with Gasteiger partial charge in [-0.2, -0.15) is 0 Å². The van der Waals surface area contributed by atoms with E-state index >= 15 is 35.1 Å². The third-order valence-corrected chi connectivity index (χ3v) is 11.3. The van der Waals surface area contributed by atoms with Gasteiger partial charge in [0, 0.05) is 24.2 Å². The molecule has 0 amide bonds. The highest BCUT2D eigenvalue weighted by Gasteiger charge is 2.51. The molecule has 4 aromatic carbocycles. The number of aliphatic imine (C=N–C) groups is 1. The van der Waals surface area contributed by atoms with Crippen LogP contribution >= 0.6 is 0 Å². The summed E-state index contributed by atoms with van der Waals surface area (Å²) < 4.78 is 254. The Bertz CT molecular complexity index is 2260. The fourth-order valence-electron chi connectivity index (χ4n) is 8.45. The maximum atomic E-state index is 15.3. The lowest BCUT2D eigenvalue weighted by Gasteiger charge is -2.44. The molecule has 2 fully saturated rings. The number of guanidine groups is 2. The summed E-state index contributed by atoms with van der Waals surface area (Å²) in [6.45, 7) is 0. The zero-order valence-corrected chi connectivity index (χ0v) is 34.8. The van der Waals surface area contributed by atoms with Crippen molar-refractivity contribution < 1.29 is 79.2 Å². The lowest BCUT2D eigenvalue weighted by atomic mass is 9.12. The van der Waals surface area contributed by atoms with E-state index in [2.05, 4.69) is 48.3 Å². The molecule has 0 radical (unpaired) electrons. The monoisotopic (exact) mass is 947 g/mol. The molecule has 0 atom stereocenters. The smallest absolute Gasteiger partial charge is 0.340 e. The average molecular weight is 948 g/mol. The van der Waals surface area contributed by atoms with Gasteiger partial charge in [0.05, 0.1) is 34.2 Å². The summed E-state index contributed by atoms with van der Waals surface area (Å²) in [6.07, 6.45) is 6.41. The predicted molar refractivity (Wildman–Crippen MR) is 208 cm³/mol. The second kappa shape index (κ2) is 20.3. The number of nitrogens with zero attached hydrogens (tertiary/aromatic N) is 3. The van der Waals surface area contributed by atoms with Gasteiger partial charge in [0.2, 0.25) is 0 Å². The molecule has 0 spiro atoms. The quantitative estimate of drug-likeness (QED) is 0.0395. The highest BCUT2D eigenvalue weighted by molar-refractivity contribution is 7.20. The molecule has 0 bridgehead atoms. The van der Waals surface area contributed by atoms with Crippen LogP contribution < -0.4 is 32.5 Å². The van der Waals surface area contributed by atoms with E-state index < -0.39 is 145 Å². The first-order valence-electron chi connectivity index (χ1n) is 20.0. The van der Waals surface area contributed by atoms with E-state index in [4.69, 9.17) is 4.99 Å². The second-order valence-electron chi connectivity index (χ2n) is 16.0. The molecule has 354 valence electrons. The van der Waals surface area contributed by atoms with Crippen molar-refractivity contribution in [3.05, 3.63) is 117 Å². The predicted octanol–water partition coefficient (Wildman–Crippen LogP) is 7.81. The van der Waals surface area contributed by atoms with Crippen molar-refractivity contribution in [3.8, 4) is 0 Å².